The number of hydrogen-bond donors (Lipinski definition) is 0. The van der Waals surface area contributed by atoms with Crippen molar-refractivity contribution >= 4 is 28.4 Å². The van der Waals surface area contributed by atoms with Gasteiger partial charge < -0.3 is 4.90 Å². The van der Waals surface area contributed by atoms with E-state index >= 15 is 0 Å². The van der Waals surface area contributed by atoms with E-state index in [2.05, 4.69) is 62.4 Å². The Labute approximate surface area is 206 Å². The number of hydrogen-bond acceptors (Lipinski definition) is 2. The number of carbonyl (C=O) groups excluding carboxylic acids is 1. The van der Waals surface area contributed by atoms with Crippen LogP contribution in [-0.4, -0.2) is 28.9 Å². The molecular weight excluding hydrogens is 440 g/mol. The number of benzene rings is 3. The fourth-order valence-corrected chi connectivity index (χ4v) is 5.24. The molecule has 1 saturated heterocycles. The summed E-state index contributed by atoms with van der Waals surface area (Å²) in [6, 6.07) is 24.6. The van der Waals surface area contributed by atoms with Crippen molar-refractivity contribution in [1.29, 1.82) is 0 Å². The van der Waals surface area contributed by atoms with Crippen LogP contribution in [0.25, 0.3) is 22.2 Å². The first-order chi connectivity index (χ1) is 16.5. The second kappa shape index (κ2) is 9.60. The molecule has 3 aromatic carbocycles. The van der Waals surface area contributed by atoms with Gasteiger partial charge in [0, 0.05) is 29.1 Å². The molecule has 172 valence electrons. The highest BCUT2D eigenvalue weighted by atomic mass is 35.5. The summed E-state index contributed by atoms with van der Waals surface area (Å²) in [4.78, 5) is 20.7. The second-order valence-electron chi connectivity index (χ2n) is 9.46. The third-order valence-electron chi connectivity index (χ3n) is 6.93. The molecule has 2 heterocycles. The second-order valence-corrected chi connectivity index (χ2v) is 9.90. The predicted molar refractivity (Wildman–Crippen MR) is 140 cm³/mol. The Hall–Kier alpha value is -3.17. The van der Waals surface area contributed by atoms with Crippen LogP contribution in [-0.2, 0) is 6.42 Å². The zero-order valence-electron chi connectivity index (χ0n) is 19.7. The molecule has 3 nitrogen and oxygen atoms in total. The van der Waals surface area contributed by atoms with Crippen LogP contribution in [0.15, 0.2) is 72.8 Å². The minimum Gasteiger partial charge on any atom is -0.339 e. The van der Waals surface area contributed by atoms with Gasteiger partial charge in [0.05, 0.1) is 16.8 Å². The largest absolute Gasteiger partial charge is 0.339 e. The number of aryl methyl sites for hydroxylation is 2. The molecule has 1 aromatic heterocycles. The first-order valence-electron chi connectivity index (χ1n) is 12.0. The maximum Gasteiger partial charge on any atom is 0.254 e. The Bertz CT molecular complexity index is 1340. The van der Waals surface area contributed by atoms with E-state index in [-0.39, 0.29) is 5.91 Å². The van der Waals surface area contributed by atoms with E-state index in [9.17, 15) is 4.79 Å². The number of carbonyl (C=O) groups is 1. The molecule has 0 bridgehead atoms. The predicted octanol–water partition coefficient (Wildman–Crippen LogP) is 7.27. The lowest BCUT2D eigenvalue weighted by Crippen LogP contribution is -2.39. The number of fused-ring (bicyclic) bond motifs is 1. The Kier molecular flexibility index (Phi) is 6.38. The number of nitrogens with zero attached hydrogens (tertiary/aromatic N) is 2. The van der Waals surface area contributed by atoms with Gasteiger partial charge in [0.1, 0.15) is 0 Å². The quantitative estimate of drug-likeness (QED) is 0.315. The molecular formula is C30H29ClN2O. The maximum atomic E-state index is 13.8. The minimum atomic E-state index is 0.0684. The highest BCUT2D eigenvalue weighted by Gasteiger charge is 2.26. The van der Waals surface area contributed by atoms with E-state index in [0.29, 0.717) is 16.5 Å². The smallest absolute Gasteiger partial charge is 0.254 e. The van der Waals surface area contributed by atoms with Crippen LogP contribution in [0, 0.1) is 19.8 Å². The lowest BCUT2D eigenvalue weighted by molar-refractivity contribution is 0.0692. The molecule has 0 radical (unpaired) electrons. The molecule has 1 amide bonds. The zero-order valence-corrected chi connectivity index (χ0v) is 20.5. The van der Waals surface area contributed by atoms with Crippen molar-refractivity contribution < 1.29 is 4.79 Å². The number of pyridine rings is 1. The third kappa shape index (κ3) is 4.71. The summed E-state index contributed by atoms with van der Waals surface area (Å²) >= 11 is 6.32. The number of halogens is 1. The average molecular weight is 469 g/mol. The summed E-state index contributed by atoms with van der Waals surface area (Å²) in [6.07, 6.45) is 3.12. The summed E-state index contributed by atoms with van der Waals surface area (Å²) < 4.78 is 0. The molecule has 0 saturated carbocycles. The first-order valence-corrected chi connectivity index (χ1v) is 12.4. The highest BCUT2D eigenvalue weighted by Crippen LogP contribution is 2.31. The highest BCUT2D eigenvalue weighted by molar-refractivity contribution is 6.31. The lowest BCUT2D eigenvalue weighted by atomic mass is 9.90. The normalized spacial score (nSPS) is 14.5. The standard InChI is InChI=1S/C30H29ClN2O/c1-20-8-10-25(21(2)16-20)29-19-27(26-18-24(31)9-11-28(26)32-29)30(34)33-14-12-23(13-15-33)17-22-6-4-3-5-7-22/h3-11,16,18-19,23H,12-15,17H2,1-2H3. The summed E-state index contributed by atoms with van der Waals surface area (Å²) in [6.45, 7) is 5.73. The van der Waals surface area contributed by atoms with Crippen LogP contribution in [0.2, 0.25) is 5.02 Å². The topological polar surface area (TPSA) is 33.2 Å². The summed E-state index contributed by atoms with van der Waals surface area (Å²) in [5, 5.41) is 1.43. The van der Waals surface area contributed by atoms with Gasteiger partial charge in [-0.2, -0.15) is 0 Å². The molecule has 0 unspecified atom stereocenters. The van der Waals surface area contributed by atoms with Crippen molar-refractivity contribution in [3.8, 4) is 11.3 Å². The van der Waals surface area contributed by atoms with Gasteiger partial charge in [0.25, 0.3) is 5.91 Å². The molecule has 1 fully saturated rings. The Morgan fingerprint density at radius 3 is 2.47 bits per heavy atom. The van der Waals surface area contributed by atoms with Gasteiger partial charge >= 0.3 is 0 Å². The van der Waals surface area contributed by atoms with Crippen molar-refractivity contribution in [2.75, 3.05) is 13.1 Å². The Morgan fingerprint density at radius 1 is 0.971 bits per heavy atom. The molecule has 0 atom stereocenters. The van der Waals surface area contributed by atoms with Crippen LogP contribution in [0.5, 0.6) is 0 Å². The van der Waals surface area contributed by atoms with Gasteiger partial charge in [0.2, 0.25) is 0 Å². The molecule has 0 spiro atoms. The molecule has 4 aromatic rings. The van der Waals surface area contributed by atoms with E-state index in [1.165, 1.54) is 11.1 Å². The maximum absolute atomic E-state index is 13.8. The first kappa shape index (κ1) is 22.6. The number of amides is 1. The van der Waals surface area contributed by atoms with Crippen LogP contribution >= 0.6 is 11.6 Å². The van der Waals surface area contributed by atoms with E-state index in [4.69, 9.17) is 16.6 Å². The zero-order chi connectivity index (χ0) is 23.7. The van der Waals surface area contributed by atoms with Gasteiger partial charge in [-0.1, -0.05) is 65.7 Å². The SMILES string of the molecule is Cc1ccc(-c2cc(C(=O)N3CCC(Cc4ccccc4)CC3)c3cc(Cl)ccc3n2)c(C)c1. The molecule has 0 aliphatic carbocycles. The van der Waals surface area contributed by atoms with E-state index in [1.54, 1.807) is 0 Å². The minimum absolute atomic E-state index is 0.0684. The van der Waals surface area contributed by atoms with Crippen LogP contribution in [0.1, 0.15) is 39.9 Å². The lowest BCUT2D eigenvalue weighted by Gasteiger charge is -2.32. The fraction of sp³-hybridized carbons (Fsp3) is 0.267. The van der Waals surface area contributed by atoms with Gasteiger partial charge in [-0.15, -0.1) is 0 Å². The monoisotopic (exact) mass is 468 g/mol. The van der Waals surface area contributed by atoms with Crippen molar-refractivity contribution in [3.05, 3.63) is 100 Å². The molecule has 1 aliphatic rings. The third-order valence-corrected chi connectivity index (χ3v) is 7.16. The van der Waals surface area contributed by atoms with Crippen molar-refractivity contribution in [1.82, 2.24) is 9.88 Å². The molecule has 1 aliphatic heterocycles. The van der Waals surface area contributed by atoms with Gasteiger partial charge in [-0.3, -0.25) is 4.79 Å². The van der Waals surface area contributed by atoms with Crippen LogP contribution in [0.3, 0.4) is 0 Å². The van der Waals surface area contributed by atoms with Gasteiger partial charge in [-0.25, -0.2) is 4.98 Å². The fourth-order valence-electron chi connectivity index (χ4n) is 5.07. The number of rotatable bonds is 4. The number of aromatic nitrogens is 1. The van der Waals surface area contributed by atoms with E-state index < -0.39 is 0 Å². The van der Waals surface area contributed by atoms with E-state index in [0.717, 1.165) is 60.1 Å². The Balaban J connectivity index is 1.44. The average Bonchev–Trinajstić information content (AvgIpc) is 2.84. The van der Waals surface area contributed by atoms with E-state index in [1.807, 2.05) is 29.2 Å². The summed E-state index contributed by atoms with van der Waals surface area (Å²) in [7, 11) is 0. The van der Waals surface area contributed by atoms with Crippen molar-refractivity contribution in [2.24, 2.45) is 5.92 Å². The number of likely N-dealkylation sites (tertiary alicyclic amines) is 1. The van der Waals surface area contributed by atoms with Crippen LogP contribution in [0.4, 0.5) is 0 Å². The van der Waals surface area contributed by atoms with Gasteiger partial charge in [0.15, 0.2) is 0 Å². The summed E-state index contributed by atoms with van der Waals surface area (Å²) in [5.41, 5.74) is 7.10. The number of piperidine rings is 1. The summed E-state index contributed by atoms with van der Waals surface area (Å²) in [5.74, 6) is 0.680. The molecule has 34 heavy (non-hydrogen) atoms. The van der Waals surface area contributed by atoms with Crippen molar-refractivity contribution in [3.63, 3.8) is 0 Å². The molecule has 4 heteroatoms. The van der Waals surface area contributed by atoms with Crippen LogP contribution < -0.4 is 0 Å². The molecule has 0 N–H and O–H groups in total. The molecule has 5 rings (SSSR count). The van der Waals surface area contributed by atoms with Gasteiger partial charge in [-0.05, 0) is 74.4 Å². The van der Waals surface area contributed by atoms with Crippen molar-refractivity contribution in [2.45, 2.75) is 33.1 Å². The Morgan fingerprint density at radius 2 is 1.74 bits per heavy atom.